The fourth-order valence-corrected chi connectivity index (χ4v) is 2.45. The predicted octanol–water partition coefficient (Wildman–Crippen LogP) is 3.44. The lowest BCUT2D eigenvalue weighted by Crippen LogP contribution is -2.45. The smallest absolute Gasteiger partial charge is 0.248 e. The maximum atomic E-state index is 12.6. The van der Waals surface area contributed by atoms with Crippen molar-refractivity contribution in [2.45, 2.75) is 39.0 Å². The van der Waals surface area contributed by atoms with E-state index in [0.29, 0.717) is 25.5 Å². The topological polar surface area (TPSA) is 73.6 Å². The molecular weight excluding hydrogens is 328 g/mol. The van der Waals surface area contributed by atoms with Gasteiger partial charge in [0, 0.05) is 5.69 Å². The lowest BCUT2D eigenvalue weighted by Gasteiger charge is -2.24. The van der Waals surface area contributed by atoms with Gasteiger partial charge in [-0.25, -0.2) is 0 Å². The molecule has 1 amide bonds. The molecule has 0 fully saturated rings. The van der Waals surface area contributed by atoms with Gasteiger partial charge in [0.1, 0.15) is 5.54 Å². The number of anilines is 1. The van der Waals surface area contributed by atoms with Crippen LogP contribution in [-0.4, -0.2) is 25.2 Å². The second-order valence-electron chi connectivity index (χ2n) is 6.70. The van der Waals surface area contributed by atoms with E-state index in [1.807, 2.05) is 68.4 Å². The molecule has 1 unspecified atom stereocenters. The molecule has 26 heavy (non-hydrogen) atoms. The van der Waals surface area contributed by atoms with E-state index in [1.54, 1.807) is 6.92 Å². The number of hydrogen-bond acceptors (Lipinski definition) is 4. The van der Waals surface area contributed by atoms with Gasteiger partial charge in [-0.15, -0.1) is 0 Å². The van der Waals surface area contributed by atoms with Crippen molar-refractivity contribution in [3.8, 4) is 0 Å². The number of amides is 1. The Hall–Kier alpha value is -2.21. The molecule has 0 spiro atoms. The number of ether oxygens (including phenoxy) is 2. The predicted molar refractivity (Wildman–Crippen MR) is 104 cm³/mol. The van der Waals surface area contributed by atoms with Gasteiger partial charge < -0.3 is 20.5 Å². The van der Waals surface area contributed by atoms with Gasteiger partial charge in [-0.1, -0.05) is 42.5 Å². The van der Waals surface area contributed by atoms with E-state index in [2.05, 4.69) is 5.32 Å². The minimum Gasteiger partial charge on any atom is -0.376 e. The summed E-state index contributed by atoms with van der Waals surface area (Å²) in [4.78, 5) is 12.6. The average Bonchev–Trinajstić information content (AvgIpc) is 2.62. The molecular formula is C21H28N2O3. The molecule has 0 aromatic heterocycles. The van der Waals surface area contributed by atoms with Gasteiger partial charge in [-0.3, -0.25) is 4.79 Å². The van der Waals surface area contributed by atoms with E-state index in [-0.39, 0.29) is 12.0 Å². The van der Waals surface area contributed by atoms with Gasteiger partial charge in [0.05, 0.1) is 25.9 Å². The summed E-state index contributed by atoms with van der Waals surface area (Å²) < 4.78 is 11.0. The number of rotatable bonds is 9. The molecule has 3 N–H and O–H groups in total. The Morgan fingerprint density at radius 1 is 1.12 bits per heavy atom. The SMILES string of the molecule is CC(C)OCCOCc1cccc(NC(=O)C(C)(N)c2ccccc2)c1. The lowest BCUT2D eigenvalue weighted by molar-refractivity contribution is -0.120. The Labute approximate surface area is 155 Å². The van der Waals surface area contributed by atoms with E-state index in [0.717, 1.165) is 11.1 Å². The number of carbonyl (C=O) groups is 1. The molecule has 0 saturated carbocycles. The fourth-order valence-electron chi connectivity index (χ4n) is 2.45. The summed E-state index contributed by atoms with van der Waals surface area (Å²) in [7, 11) is 0. The van der Waals surface area contributed by atoms with E-state index in [4.69, 9.17) is 15.2 Å². The van der Waals surface area contributed by atoms with E-state index < -0.39 is 5.54 Å². The molecule has 0 bridgehead atoms. The van der Waals surface area contributed by atoms with Crippen molar-refractivity contribution in [1.29, 1.82) is 0 Å². The van der Waals surface area contributed by atoms with Crippen molar-refractivity contribution in [3.63, 3.8) is 0 Å². The van der Waals surface area contributed by atoms with E-state index in [1.165, 1.54) is 0 Å². The molecule has 0 saturated heterocycles. The van der Waals surface area contributed by atoms with Crippen molar-refractivity contribution in [2.75, 3.05) is 18.5 Å². The number of nitrogens with one attached hydrogen (secondary N) is 1. The molecule has 0 aliphatic heterocycles. The van der Waals surface area contributed by atoms with Crippen LogP contribution in [0.1, 0.15) is 31.9 Å². The van der Waals surface area contributed by atoms with Crippen LogP contribution in [0, 0.1) is 0 Å². The van der Waals surface area contributed by atoms with Crippen molar-refractivity contribution >= 4 is 11.6 Å². The third-order valence-electron chi connectivity index (χ3n) is 3.98. The third kappa shape index (κ3) is 5.95. The quantitative estimate of drug-likeness (QED) is 0.675. The molecule has 5 heteroatoms. The highest BCUT2D eigenvalue weighted by Gasteiger charge is 2.30. The van der Waals surface area contributed by atoms with Crippen LogP contribution in [0.3, 0.4) is 0 Å². The first-order valence-electron chi connectivity index (χ1n) is 8.83. The maximum Gasteiger partial charge on any atom is 0.248 e. The second kappa shape index (κ2) is 9.48. The van der Waals surface area contributed by atoms with Gasteiger partial charge in [-0.2, -0.15) is 0 Å². The Balaban J connectivity index is 1.92. The molecule has 0 radical (unpaired) electrons. The van der Waals surface area contributed by atoms with Crippen molar-refractivity contribution in [3.05, 3.63) is 65.7 Å². The van der Waals surface area contributed by atoms with Gasteiger partial charge in [-0.05, 0) is 44.0 Å². The molecule has 2 aromatic carbocycles. The van der Waals surface area contributed by atoms with Crippen molar-refractivity contribution in [1.82, 2.24) is 0 Å². The molecule has 0 aliphatic carbocycles. The Bertz CT molecular complexity index is 699. The van der Waals surface area contributed by atoms with Gasteiger partial charge >= 0.3 is 0 Å². The summed E-state index contributed by atoms with van der Waals surface area (Å²) in [6, 6.07) is 16.9. The fraction of sp³-hybridized carbons (Fsp3) is 0.381. The Kier molecular flexibility index (Phi) is 7.33. The van der Waals surface area contributed by atoms with Crippen LogP contribution < -0.4 is 11.1 Å². The van der Waals surface area contributed by atoms with Crippen LogP contribution in [-0.2, 0) is 26.4 Å². The Morgan fingerprint density at radius 2 is 1.85 bits per heavy atom. The Morgan fingerprint density at radius 3 is 2.54 bits per heavy atom. The van der Waals surface area contributed by atoms with Crippen LogP contribution in [0.5, 0.6) is 0 Å². The summed E-state index contributed by atoms with van der Waals surface area (Å²) in [5, 5.41) is 2.89. The standard InChI is InChI=1S/C21H28N2O3/c1-16(2)26-13-12-25-15-17-8-7-11-19(14-17)23-20(24)21(3,22)18-9-5-4-6-10-18/h4-11,14,16H,12-13,15,22H2,1-3H3,(H,23,24). The van der Waals surface area contributed by atoms with Gasteiger partial charge in [0.15, 0.2) is 0 Å². The summed E-state index contributed by atoms with van der Waals surface area (Å²) in [6.45, 7) is 7.25. The van der Waals surface area contributed by atoms with E-state index >= 15 is 0 Å². The van der Waals surface area contributed by atoms with Gasteiger partial charge in [0.25, 0.3) is 0 Å². The summed E-state index contributed by atoms with van der Waals surface area (Å²) >= 11 is 0. The summed E-state index contributed by atoms with van der Waals surface area (Å²) in [5.41, 5.74) is 7.59. The third-order valence-corrected chi connectivity index (χ3v) is 3.98. The first-order valence-corrected chi connectivity index (χ1v) is 8.83. The zero-order chi connectivity index (χ0) is 19.0. The highest BCUT2D eigenvalue weighted by atomic mass is 16.5. The number of nitrogens with two attached hydrogens (primary N) is 1. The van der Waals surface area contributed by atoms with Crippen LogP contribution in [0.25, 0.3) is 0 Å². The van der Waals surface area contributed by atoms with Crippen LogP contribution in [0.4, 0.5) is 5.69 Å². The zero-order valence-corrected chi connectivity index (χ0v) is 15.7. The van der Waals surface area contributed by atoms with Crippen LogP contribution in [0.2, 0.25) is 0 Å². The summed E-state index contributed by atoms with van der Waals surface area (Å²) in [6.07, 6.45) is 0.201. The van der Waals surface area contributed by atoms with Crippen molar-refractivity contribution < 1.29 is 14.3 Å². The normalized spacial score (nSPS) is 13.4. The largest absolute Gasteiger partial charge is 0.376 e. The highest BCUT2D eigenvalue weighted by Crippen LogP contribution is 2.20. The number of carbonyl (C=O) groups excluding carboxylic acids is 1. The molecule has 1 atom stereocenters. The van der Waals surface area contributed by atoms with Crippen LogP contribution >= 0.6 is 0 Å². The first-order chi connectivity index (χ1) is 12.4. The molecule has 140 valence electrons. The minimum absolute atomic E-state index is 0.201. The lowest BCUT2D eigenvalue weighted by atomic mass is 9.92. The molecule has 0 heterocycles. The zero-order valence-electron chi connectivity index (χ0n) is 15.7. The molecule has 5 nitrogen and oxygen atoms in total. The first kappa shape index (κ1) is 20.1. The molecule has 0 aliphatic rings. The minimum atomic E-state index is -1.11. The maximum absolute atomic E-state index is 12.6. The monoisotopic (exact) mass is 356 g/mol. The van der Waals surface area contributed by atoms with Gasteiger partial charge in [0.2, 0.25) is 5.91 Å². The van der Waals surface area contributed by atoms with Crippen molar-refractivity contribution in [2.24, 2.45) is 5.73 Å². The number of hydrogen-bond donors (Lipinski definition) is 2. The number of benzene rings is 2. The second-order valence-corrected chi connectivity index (χ2v) is 6.70. The molecule has 2 aromatic rings. The summed E-state index contributed by atoms with van der Waals surface area (Å²) in [5.74, 6) is -0.257. The highest BCUT2D eigenvalue weighted by molar-refractivity contribution is 5.98. The van der Waals surface area contributed by atoms with E-state index in [9.17, 15) is 4.79 Å². The van der Waals surface area contributed by atoms with Crippen LogP contribution in [0.15, 0.2) is 54.6 Å². The molecule has 2 rings (SSSR count). The average molecular weight is 356 g/mol.